The second kappa shape index (κ2) is 6.11. The molecule has 5 heteroatoms. The van der Waals surface area contributed by atoms with Gasteiger partial charge in [-0.05, 0) is 42.8 Å². The van der Waals surface area contributed by atoms with Gasteiger partial charge in [-0.2, -0.15) is 0 Å². The topological polar surface area (TPSA) is 17.8 Å². The van der Waals surface area contributed by atoms with E-state index in [-0.39, 0.29) is 0 Å². The Morgan fingerprint density at radius 3 is 2.67 bits per heavy atom. The van der Waals surface area contributed by atoms with E-state index in [0.29, 0.717) is 5.88 Å². The molecule has 0 fully saturated rings. The number of rotatable bonds is 3. The smallest absolute Gasteiger partial charge is 0.115 e. The second-order valence-electron chi connectivity index (χ2n) is 4.87. The van der Waals surface area contributed by atoms with Crippen LogP contribution in [0.4, 0.5) is 0 Å². The first-order chi connectivity index (χ1) is 10.1. The number of benzene rings is 2. The summed E-state index contributed by atoms with van der Waals surface area (Å²) in [5.74, 6) is 1.53. The third kappa shape index (κ3) is 2.89. The number of imidazole rings is 1. The summed E-state index contributed by atoms with van der Waals surface area (Å²) >= 11 is 13.1. The molecule has 0 atom stereocenters. The molecular formula is C16H13Br2ClN2. The molecule has 108 valence electrons. The van der Waals surface area contributed by atoms with Crippen LogP contribution in [0.1, 0.15) is 11.4 Å². The van der Waals surface area contributed by atoms with Gasteiger partial charge in [0.25, 0.3) is 0 Å². The molecule has 0 aliphatic rings. The Balaban J connectivity index is 2.29. The minimum atomic E-state index is 0.553. The van der Waals surface area contributed by atoms with Gasteiger partial charge in [-0.25, -0.2) is 4.98 Å². The van der Waals surface area contributed by atoms with Crippen molar-refractivity contribution in [3.63, 3.8) is 0 Å². The van der Waals surface area contributed by atoms with Crippen molar-refractivity contribution in [1.29, 1.82) is 0 Å². The zero-order valence-electron chi connectivity index (χ0n) is 11.4. The molecular weight excluding hydrogens is 415 g/mol. The number of aryl methyl sites for hydroxylation is 2. The van der Waals surface area contributed by atoms with Crippen molar-refractivity contribution >= 4 is 54.5 Å². The predicted octanol–water partition coefficient (Wildman–Crippen LogP) is 5.64. The summed E-state index contributed by atoms with van der Waals surface area (Å²) in [4.78, 5) is 4.71. The number of hydrogen-bond donors (Lipinski definition) is 0. The lowest BCUT2D eigenvalue weighted by Crippen LogP contribution is -2.02. The van der Waals surface area contributed by atoms with E-state index in [2.05, 4.69) is 67.6 Å². The molecule has 0 N–H and O–H groups in total. The van der Waals surface area contributed by atoms with Gasteiger partial charge in [-0.15, -0.1) is 11.6 Å². The number of alkyl halides is 1. The molecule has 1 aromatic heterocycles. The fourth-order valence-electron chi connectivity index (χ4n) is 2.36. The van der Waals surface area contributed by atoms with E-state index in [4.69, 9.17) is 16.6 Å². The van der Waals surface area contributed by atoms with Gasteiger partial charge in [-0.1, -0.05) is 37.9 Å². The second-order valence-corrected chi connectivity index (χ2v) is 7.02. The first-order valence-corrected chi connectivity index (χ1v) is 8.71. The molecule has 0 unspecified atom stereocenters. The van der Waals surface area contributed by atoms with Gasteiger partial charge >= 0.3 is 0 Å². The lowest BCUT2D eigenvalue weighted by atomic mass is 10.2. The van der Waals surface area contributed by atoms with Crippen molar-refractivity contribution in [2.75, 3.05) is 5.88 Å². The standard InChI is InChI=1S/C16H13Br2ClN2/c1-10-2-4-12(9-13(10)18)21-15-8-11(17)3-5-14(15)20-16(21)6-7-19/h2-5,8-9H,6-7H2,1H3. The van der Waals surface area contributed by atoms with Crippen molar-refractivity contribution in [3.8, 4) is 5.69 Å². The van der Waals surface area contributed by atoms with Gasteiger partial charge in [0.2, 0.25) is 0 Å². The third-order valence-electron chi connectivity index (χ3n) is 3.42. The summed E-state index contributed by atoms with van der Waals surface area (Å²) in [6.45, 7) is 2.08. The largest absolute Gasteiger partial charge is 0.296 e. The van der Waals surface area contributed by atoms with E-state index >= 15 is 0 Å². The summed E-state index contributed by atoms with van der Waals surface area (Å²) in [7, 11) is 0. The minimum absolute atomic E-state index is 0.553. The molecule has 2 nitrogen and oxygen atoms in total. The summed E-state index contributed by atoms with van der Waals surface area (Å²) < 4.78 is 4.31. The van der Waals surface area contributed by atoms with Crippen molar-refractivity contribution in [1.82, 2.24) is 9.55 Å². The highest BCUT2D eigenvalue weighted by molar-refractivity contribution is 9.10. The van der Waals surface area contributed by atoms with Crippen LogP contribution in [-0.4, -0.2) is 15.4 Å². The number of fused-ring (bicyclic) bond motifs is 1. The van der Waals surface area contributed by atoms with Gasteiger partial charge in [0.15, 0.2) is 0 Å². The fraction of sp³-hybridized carbons (Fsp3) is 0.188. The number of aromatic nitrogens is 2. The van der Waals surface area contributed by atoms with Gasteiger partial charge < -0.3 is 0 Å². The highest BCUT2D eigenvalue weighted by Gasteiger charge is 2.13. The first kappa shape index (κ1) is 15.1. The Hall–Kier alpha value is -0.840. The molecule has 0 spiro atoms. The maximum atomic E-state index is 5.94. The minimum Gasteiger partial charge on any atom is -0.296 e. The molecule has 3 rings (SSSR count). The van der Waals surface area contributed by atoms with Crippen LogP contribution in [0.5, 0.6) is 0 Å². The lowest BCUT2D eigenvalue weighted by Gasteiger charge is -2.10. The highest BCUT2D eigenvalue weighted by atomic mass is 79.9. The molecule has 3 aromatic rings. The predicted molar refractivity (Wildman–Crippen MR) is 95.6 cm³/mol. The van der Waals surface area contributed by atoms with Crippen molar-refractivity contribution < 1.29 is 0 Å². The Morgan fingerprint density at radius 1 is 1.14 bits per heavy atom. The van der Waals surface area contributed by atoms with Gasteiger partial charge in [0.05, 0.1) is 11.0 Å². The Kier molecular flexibility index (Phi) is 4.38. The molecule has 0 saturated heterocycles. The molecule has 0 aliphatic heterocycles. The van der Waals surface area contributed by atoms with E-state index in [1.165, 1.54) is 5.56 Å². The van der Waals surface area contributed by atoms with E-state index in [9.17, 15) is 0 Å². The summed E-state index contributed by atoms with van der Waals surface area (Å²) in [6.07, 6.45) is 0.735. The molecule has 2 aromatic carbocycles. The van der Waals surface area contributed by atoms with Crippen LogP contribution in [0.3, 0.4) is 0 Å². The molecule has 21 heavy (non-hydrogen) atoms. The maximum Gasteiger partial charge on any atom is 0.115 e. The molecule has 0 radical (unpaired) electrons. The van der Waals surface area contributed by atoms with Crippen molar-refractivity contribution in [2.24, 2.45) is 0 Å². The van der Waals surface area contributed by atoms with Crippen LogP contribution in [0.15, 0.2) is 45.3 Å². The van der Waals surface area contributed by atoms with Crippen LogP contribution in [0.2, 0.25) is 0 Å². The maximum absolute atomic E-state index is 5.94. The van der Waals surface area contributed by atoms with Crippen LogP contribution in [0, 0.1) is 6.92 Å². The van der Waals surface area contributed by atoms with E-state index < -0.39 is 0 Å². The first-order valence-electron chi connectivity index (χ1n) is 6.59. The Labute approximate surface area is 145 Å². The molecule has 1 heterocycles. The Morgan fingerprint density at radius 2 is 1.95 bits per heavy atom. The van der Waals surface area contributed by atoms with Crippen LogP contribution < -0.4 is 0 Å². The van der Waals surface area contributed by atoms with Crippen LogP contribution in [0.25, 0.3) is 16.7 Å². The summed E-state index contributed by atoms with van der Waals surface area (Å²) in [6, 6.07) is 12.5. The van der Waals surface area contributed by atoms with Crippen LogP contribution in [-0.2, 0) is 6.42 Å². The SMILES string of the molecule is Cc1ccc(-n2c(CCCl)nc3ccc(Br)cc32)cc1Br. The Bertz CT molecular complexity index is 811. The summed E-state index contributed by atoms with van der Waals surface area (Å²) in [5, 5.41) is 0. The zero-order valence-corrected chi connectivity index (χ0v) is 15.3. The van der Waals surface area contributed by atoms with E-state index in [1.807, 2.05) is 12.1 Å². The highest BCUT2D eigenvalue weighted by Crippen LogP contribution is 2.27. The third-order valence-corrected chi connectivity index (χ3v) is 4.95. The normalized spacial score (nSPS) is 11.2. The number of hydrogen-bond acceptors (Lipinski definition) is 1. The number of nitrogens with zero attached hydrogens (tertiary/aromatic N) is 2. The molecule has 0 bridgehead atoms. The van der Waals surface area contributed by atoms with E-state index in [1.54, 1.807) is 0 Å². The lowest BCUT2D eigenvalue weighted by molar-refractivity contribution is 0.911. The van der Waals surface area contributed by atoms with Crippen LogP contribution >= 0.6 is 43.5 Å². The van der Waals surface area contributed by atoms with Crippen molar-refractivity contribution in [3.05, 3.63) is 56.7 Å². The monoisotopic (exact) mass is 426 g/mol. The zero-order chi connectivity index (χ0) is 15.0. The number of halogens is 3. The van der Waals surface area contributed by atoms with Crippen molar-refractivity contribution in [2.45, 2.75) is 13.3 Å². The average molecular weight is 429 g/mol. The molecule has 0 saturated carbocycles. The van der Waals surface area contributed by atoms with Gasteiger partial charge in [-0.3, -0.25) is 4.57 Å². The van der Waals surface area contributed by atoms with Gasteiger partial charge in [0.1, 0.15) is 5.82 Å². The van der Waals surface area contributed by atoms with E-state index in [0.717, 1.165) is 37.9 Å². The summed E-state index contributed by atoms with van der Waals surface area (Å²) in [5.41, 5.74) is 4.37. The molecule has 0 amide bonds. The molecule has 0 aliphatic carbocycles. The quantitative estimate of drug-likeness (QED) is 0.494. The fourth-order valence-corrected chi connectivity index (χ4v) is 3.24. The average Bonchev–Trinajstić information content (AvgIpc) is 2.80. The van der Waals surface area contributed by atoms with Gasteiger partial charge in [0, 0.05) is 26.9 Å².